The lowest BCUT2D eigenvalue weighted by atomic mass is 10.2. The highest BCUT2D eigenvalue weighted by molar-refractivity contribution is 5.20. The van der Waals surface area contributed by atoms with Crippen LogP contribution in [0.25, 0.3) is 0 Å². The lowest BCUT2D eigenvalue weighted by Gasteiger charge is -2.11. The fourth-order valence-corrected chi connectivity index (χ4v) is 0.927. The molecule has 0 aromatic carbocycles. The van der Waals surface area contributed by atoms with Crippen molar-refractivity contribution >= 4 is 0 Å². The van der Waals surface area contributed by atoms with Crippen LogP contribution in [0.15, 0.2) is 12.4 Å². The number of methoxy groups -OCH3 is 1. The number of hydrogen-bond acceptors (Lipinski definition) is 4. The topological polar surface area (TPSA) is 47.0 Å². The lowest BCUT2D eigenvalue weighted by molar-refractivity contribution is 0.382. The molecule has 0 spiro atoms. The highest BCUT2D eigenvalue weighted by Gasteiger charge is 2.10. The van der Waals surface area contributed by atoms with E-state index in [2.05, 4.69) is 15.3 Å². The molecular formula is C8H13N3O. The van der Waals surface area contributed by atoms with Crippen LogP contribution in [0, 0.1) is 0 Å². The molecule has 1 aromatic rings. The minimum absolute atomic E-state index is 0.161. The predicted molar refractivity (Wildman–Crippen MR) is 46.1 cm³/mol. The van der Waals surface area contributed by atoms with Gasteiger partial charge < -0.3 is 10.1 Å². The van der Waals surface area contributed by atoms with Crippen LogP contribution in [-0.2, 0) is 0 Å². The van der Waals surface area contributed by atoms with Crippen LogP contribution in [0.3, 0.4) is 0 Å². The zero-order valence-electron chi connectivity index (χ0n) is 7.53. The van der Waals surface area contributed by atoms with Gasteiger partial charge in [-0.05, 0) is 14.0 Å². The monoisotopic (exact) mass is 167 g/mol. The summed E-state index contributed by atoms with van der Waals surface area (Å²) in [5.41, 5.74) is 0.836. The maximum atomic E-state index is 5.05. The molecular weight excluding hydrogens is 154 g/mol. The van der Waals surface area contributed by atoms with Gasteiger partial charge in [-0.15, -0.1) is 0 Å². The first-order valence-corrected chi connectivity index (χ1v) is 3.81. The minimum Gasteiger partial charge on any atom is -0.480 e. The molecule has 4 nitrogen and oxygen atoms in total. The van der Waals surface area contributed by atoms with Crippen molar-refractivity contribution in [2.45, 2.75) is 13.0 Å². The molecule has 0 saturated heterocycles. The maximum Gasteiger partial charge on any atom is 0.236 e. The van der Waals surface area contributed by atoms with Gasteiger partial charge in [0.05, 0.1) is 13.2 Å². The minimum atomic E-state index is 0.161. The van der Waals surface area contributed by atoms with Crippen molar-refractivity contribution in [3.63, 3.8) is 0 Å². The Labute approximate surface area is 72.0 Å². The van der Waals surface area contributed by atoms with Crippen molar-refractivity contribution in [1.29, 1.82) is 0 Å². The first-order valence-electron chi connectivity index (χ1n) is 3.81. The van der Waals surface area contributed by atoms with E-state index in [1.54, 1.807) is 19.5 Å². The molecule has 0 radical (unpaired) electrons. The third-order valence-electron chi connectivity index (χ3n) is 1.73. The number of nitrogens with zero attached hydrogens (tertiary/aromatic N) is 2. The number of hydrogen-bond donors (Lipinski definition) is 1. The Kier molecular flexibility index (Phi) is 2.99. The molecule has 0 amide bonds. The second-order valence-electron chi connectivity index (χ2n) is 2.46. The molecule has 1 atom stereocenters. The smallest absolute Gasteiger partial charge is 0.236 e. The Morgan fingerprint density at radius 2 is 2.08 bits per heavy atom. The van der Waals surface area contributed by atoms with Gasteiger partial charge >= 0.3 is 0 Å². The van der Waals surface area contributed by atoms with E-state index in [-0.39, 0.29) is 6.04 Å². The fraction of sp³-hybridized carbons (Fsp3) is 0.500. The van der Waals surface area contributed by atoms with Gasteiger partial charge in [-0.3, -0.25) is 4.98 Å². The van der Waals surface area contributed by atoms with Gasteiger partial charge in [0.25, 0.3) is 0 Å². The molecule has 66 valence electrons. The van der Waals surface area contributed by atoms with E-state index in [4.69, 9.17) is 4.74 Å². The number of rotatable bonds is 3. The van der Waals surface area contributed by atoms with Gasteiger partial charge in [0.1, 0.15) is 5.69 Å². The Morgan fingerprint density at radius 1 is 1.42 bits per heavy atom. The Balaban J connectivity index is 2.96. The van der Waals surface area contributed by atoms with Gasteiger partial charge in [-0.2, -0.15) is 0 Å². The summed E-state index contributed by atoms with van der Waals surface area (Å²) >= 11 is 0. The van der Waals surface area contributed by atoms with Crippen LogP contribution in [0.5, 0.6) is 5.88 Å². The largest absolute Gasteiger partial charge is 0.480 e. The highest BCUT2D eigenvalue weighted by atomic mass is 16.5. The number of ether oxygens (including phenoxy) is 1. The molecule has 0 aliphatic carbocycles. The summed E-state index contributed by atoms with van der Waals surface area (Å²) in [5.74, 6) is 0.583. The zero-order chi connectivity index (χ0) is 8.97. The van der Waals surface area contributed by atoms with Crippen molar-refractivity contribution in [3.8, 4) is 5.88 Å². The third-order valence-corrected chi connectivity index (χ3v) is 1.73. The summed E-state index contributed by atoms with van der Waals surface area (Å²) < 4.78 is 5.05. The maximum absolute atomic E-state index is 5.05. The van der Waals surface area contributed by atoms with Crippen LogP contribution in [0.4, 0.5) is 0 Å². The van der Waals surface area contributed by atoms with Crippen LogP contribution >= 0.6 is 0 Å². The van der Waals surface area contributed by atoms with Gasteiger partial charge in [0, 0.05) is 12.4 Å². The zero-order valence-corrected chi connectivity index (χ0v) is 7.53. The predicted octanol–water partition coefficient (Wildman–Crippen LogP) is 0.766. The summed E-state index contributed by atoms with van der Waals surface area (Å²) in [4.78, 5) is 8.21. The second-order valence-corrected chi connectivity index (χ2v) is 2.46. The Bertz CT molecular complexity index is 252. The van der Waals surface area contributed by atoms with Gasteiger partial charge in [-0.25, -0.2) is 4.98 Å². The molecule has 0 bridgehead atoms. The molecule has 1 rings (SSSR count). The average Bonchev–Trinajstić information content (AvgIpc) is 2.16. The van der Waals surface area contributed by atoms with Gasteiger partial charge in [0.15, 0.2) is 0 Å². The van der Waals surface area contributed by atoms with E-state index in [1.165, 1.54) is 0 Å². The summed E-state index contributed by atoms with van der Waals surface area (Å²) in [6.07, 6.45) is 3.27. The quantitative estimate of drug-likeness (QED) is 0.722. The summed E-state index contributed by atoms with van der Waals surface area (Å²) in [5, 5.41) is 3.07. The first kappa shape index (κ1) is 8.93. The normalized spacial score (nSPS) is 12.6. The summed E-state index contributed by atoms with van der Waals surface area (Å²) in [6.45, 7) is 2.01. The van der Waals surface area contributed by atoms with E-state index < -0.39 is 0 Å². The molecule has 0 aliphatic rings. The second kappa shape index (κ2) is 4.01. The molecule has 0 fully saturated rings. The summed E-state index contributed by atoms with van der Waals surface area (Å²) in [7, 11) is 3.47. The molecule has 1 N–H and O–H groups in total. The van der Waals surface area contributed by atoms with Gasteiger partial charge in [-0.1, -0.05) is 0 Å². The van der Waals surface area contributed by atoms with E-state index in [1.807, 2.05) is 14.0 Å². The number of nitrogens with one attached hydrogen (secondary N) is 1. The van der Waals surface area contributed by atoms with Crippen molar-refractivity contribution in [2.75, 3.05) is 14.2 Å². The number of aromatic nitrogens is 2. The van der Waals surface area contributed by atoms with E-state index in [9.17, 15) is 0 Å². The van der Waals surface area contributed by atoms with Gasteiger partial charge in [0.2, 0.25) is 5.88 Å². The van der Waals surface area contributed by atoms with E-state index in [0.29, 0.717) is 5.88 Å². The van der Waals surface area contributed by atoms with Crippen molar-refractivity contribution in [2.24, 2.45) is 0 Å². The lowest BCUT2D eigenvalue weighted by Crippen LogP contribution is -2.15. The Morgan fingerprint density at radius 3 is 2.67 bits per heavy atom. The van der Waals surface area contributed by atoms with E-state index >= 15 is 0 Å². The first-order chi connectivity index (χ1) is 5.79. The SMILES string of the molecule is CNC(C)c1nccnc1OC. The van der Waals surface area contributed by atoms with Crippen LogP contribution < -0.4 is 10.1 Å². The molecule has 0 aliphatic heterocycles. The van der Waals surface area contributed by atoms with E-state index in [0.717, 1.165) is 5.69 Å². The molecule has 4 heteroatoms. The van der Waals surface area contributed by atoms with Crippen LogP contribution in [0.1, 0.15) is 18.7 Å². The summed E-state index contributed by atoms with van der Waals surface area (Å²) in [6, 6.07) is 0.161. The highest BCUT2D eigenvalue weighted by Crippen LogP contribution is 2.17. The average molecular weight is 167 g/mol. The fourth-order valence-electron chi connectivity index (χ4n) is 0.927. The van der Waals surface area contributed by atoms with Crippen LogP contribution in [-0.4, -0.2) is 24.1 Å². The van der Waals surface area contributed by atoms with Crippen LogP contribution in [0.2, 0.25) is 0 Å². The molecule has 1 heterocycles. The third kappa shape index (κ3) is 1.71. The van der Waals surface area contributed by atoms with Crippen molar-refractivity contribution in [1.82, 2.24) is 15.3 Å². The Hall–Kier alpha value is -1.16. The molecule has 0 saturated carbocycles. The molecule has 1 unspecified atom stereocenters. The van der Waals surface area contributed by atoms with Crippen molar-refractivity contribution in [3.05, 3.63) is 18.1 Å². The molecule has 1 aromatic heterocycles. The standard InChI is InChI=1S/C8H13N3O/c1-6(9-2)7-8(12-3)11-5-4-10-7/h4-6,9H,1-3H3. The van der Waals surface area contributed by atoms with Crippen molar-refractivity contribution < 1.29 is 4.74 Å². The molecule has 12 heavy (non-hydrogen) atoms.